The molecular weight excluding hydrogens is 377 g/mol. The maximum Gasteiger partial charge on any atom is 0.143 e. The SMILES string of the molecule is COc1cc(NCc2cc(Cl)ccc2Br)c(OC)cc1Cl. The lowest BCUT2D eigenvalue weighted by Crippen LogP contribution is -2.03. The van der Waals surface area contributed by atoms with Gasteiger partial charge in [0.05, 0.1) is 24.9 Å². The first kappa shape index (κ1) is 16.3. The first-order valence-corrected chi connectivity index (χ1v) is 7.69. The van der Waals surface area contributed by atoms with Crippen LogP contribution in [0.15, 0.2) is 34.8 Å². The van der Waals surface area contributed by atoms with Gasteiger partial charge in [0.25, 0.3) is 0 Å². The smallest absolute Gasteiger partial charge is 0.143 e. The Morgan fingerprint density at radius 2 is 1.76 bits per heavy atom. The molecule has 0 fully saturated rings. The highest BCUT2D eigenvalue weighted by Crippen LogP contribution is 2.36. The van der Waals surface area contributed by atoms with E-state index in [-0.39, 0.29) is 0 Å². The van der Waals surface area contributed by atoms with Crippen LogP contribution in [0.1, 0.15) is 5.56 Å². The van der Waals surface area contributed by atoms with E-state index < -0.39 is 0 Å². The average molecular weight is 391 g/mol. The summed E-state index contributed by atoms with van der Waals surface area (Å²) in [5.74, 6) is 1.24. The molecule has 1 N–H and O–H groups in total. The van der Waals surface area contributed by atoms with E-state index in [4.69, 9.17) is 32.7 Å². The number of halogens is 3. The van der Waals surface area contributed by atoms with Crippen molar-refractivity contribution >= 4 is 44.8 Å². The molecule has 0 saturated heterocycles. The summed E-state index contributed by atoms with van der Waals surface area (Å²) in [4.78, 5) is 0. The molecule has 0 aliphatic heterocycles. The Balaban J connectivity index is 2.24. The van der Waals surface area contributed by atoms with E-state index in [1.54, 1.807) is 26.4 Å². The zero-order valence-electron chi connectivity index (χ0n) is 11.5. The zero-order chi connectivity index (χ0) is 15.4. The van der Waals surface area contributed by atoms with Gasteiger partial charge in [0.1, 0.15) is 11.5 Å². The lowest BCUT2D eigenvalue weighted by Gasteiger charge is -2.14. The van der Waals surface area contributed by atoms with Crippen LogP contribution < -0.4 is 14.8 Å². The predicted molar refractivity (Wildman–Crippen MR) is 91.0 cm³/mol. The van der Waals surface area contributed by atoms with Gasteiger partial charge in [-0.25, -0.2) is 0 Å². The molecule has 0 aromatic heterocycles. The van der Waals surface area contributed by atoms with Crippen molar-refractivity contribution in [3.63, 3.8) is 0 Å². The second kappa shape index (κ2) is 7.25. The third kappa shape index (κ3) is 3.96. The molecule has 21 heavy (non-hydrogen) atoms. The fourth-order valence-corrected chi connectivity index (χ4v) is 2.68. The monoisotopic (exact) mass is 389 g/mol. The minimum Gasteiger partial charge on any atom is -0.495 e. The molecule has 0 amide bonds. The molecule has 3 nitrogen and oxygen atoms in total. The van der Waals surface area contributed by atoms with E-state index in [1.807, 2.05) is 18.2 Å². The van der Waals surface area contributed by atoms with Crippen molar-refractivity contribution in [1.29, 1.82) is 0 Å². The molecular formula is C15H14BrCl2NO2. The molecule has 0 heterocycles. The number of ether oxygens (including phenoxy) is 2. The Bertz CT molecular complexity index is 650. The molecule has 0 aliphatic rings. The van der Waals surface area contributed by atoms with Gasteiger partial charge in [-0.2, -0.15) is 0 Å². The normalized spacial score (nSPS) is 10.3. The number of rotatable bonds is 5. The van der Waals surface area contributed by atoms with Crippen LogP contribution in [0.4, 0.5) is 5.69 Å². The van der Waals surface area contributed by atoms with E-state index in [9.17, 15) is 0 Å². The summed E-state index contributed by atoms with van der Waals surface area (Å²) in [5, 5.41) is 4.49. The molecule has 0 spiro atoms. The third-order valence-electron chi connectivity index (χ3n) is 2.95. The second-order valence-electron chi connectivity index (χ2n) is 4.28. The van der Waals surface area contributed by atoms with Gasteiger partial charge in [-0.15, -0.1) is 0 Å². The van der Waals surface area contributed by atoms with Crippen molar-refractivity contribution in [2.24, 2.45) is 0 Å². The fraction of sp³-hybridized carbons (Fsp3) is 0.200. The molecule has 0 radical (unpaired) electrons. The molecule has 0 atom stereocenters. The minimum atomic E-state index is 0.504. The molecule has 0 unspecified atom stereocenters. The summed E-state index contributed by atoms with van der Waals surface area (Å²) >= 11 is 15.6. The fourth-order valence-electron chi connectivity index (χ4n) is 1.87. The number of hydrogen-bond donors (Lipinski definition) is 1. The minimum absolute atomic E-state index is 0.504. The summed E-state index contributed by atoms with van der Waals surface area (Å²) in [5.41, 5.74) is 1.84. The Labute approximate surface area is 142 Å². The first-order valence-electron chi connectivity index (χ1n) is 6.14. The molecule has 0 aliphatic carbocycles. The van der Waals surface area contributed by atoms with Crippen molar-refractivity contribution in [2.45, 2.75) is 6.54 Å². The number of benzene rings is 2. The first-order chi connectivity index (χ1) is 10.0. The summed E-state index contributed by atoms with van der Waals surface area (Å²) in [6.45, 7) is 0.586. The summed E-state index contributed by atoms with van der Waals surface area (Å²) in [7, 11) is 3.17. The van der Waals surface area contributed by atoms with Gasteiger partial charge in [-0.3, -0.25) is 0 Å². The maximum absolute atomic E-state index is 6.09. The van der Waals surface area contributed by atoms with Gasteiger partial charge in [0, 0.05) is 28.2 Å². The molecule has 112 valence electrons. The van der Waals surface area contributed by atoms with E-state index >= 15 is 0 Å². The summed E-state index contributed by atoms with van der Waals surface area (Å²) in [6, 6.07) is 9.17. The Morgan fingerprint density at radius 1 is 1.05 bits per heavy atom. The highest BCUT2D eigenvalue weighted by Gasteiger charge is 2.10. The standard InChI is InChI=1S/C15H14BrCl2NO2/c1-20-14-7-13(15(21-2)6-12(14)18)19-8-9-5-10(17)3-4-11(9)16/h3-7,19H,8H2,1-2H3. The van der Waals surface area contributed by atoms with Gasteiger partial charge >= 0.3 is 0 Å². The molecule has 2 aromatic rings. The van der Waals surface area contributed by atoms with Crippen LogP contribution >= 0.6 is 39.1 Å². The molecule has 0 saturated carbocycles. The van der Waals surface area contributed by atoms with Crippen LogP contribution in [0.3, 0.4) is 0 Å². The van der Waals surface area contributed by atoms with Gasteiger partial charge in [-0.05, 0) is 23.8 Å². The van der Waals surface area contributed by atoms with Gasteiger partial charge in [-0.1, -0.05) is 39.1 Å². The average Bonchev–Trinajstić information content (AvgIpc) is 2.48. The Hall–Kier alpha value is -1.10. The van der Waals surface area contributed by atoms with Crippen LogP contribution in [0.5, 0.6) is 11.5 Å². The molecule has 2 aromatic carbocycles. The van der Waals surface area contributed by atoms with E-state index in [2.05, 4.69) is 21.2 Å². The van der Waals surface area contributed by atoms with Crippen LogP contribution in [0.25, 0.3) is 0 Å². The van der Waals surface area contributed by atoms with Crippen LogP contribution in [0.2, 0.25) is 10.0 Å². The Morgan fingerprint density at radius 3 is 2.43 bits per heavy atom. The molecule has 2 rings (SSSR count). The van der Waals surface area contributed by atoms with Crippen molar-refractivity contribution in [1.82, 2.24) is 0 Å². The summed E-state index contributed by atoms with van der Waals surface area (Å²) < 4.78 is 11.5. The van der Waals surface area contributed by atoms with E-state index in [1.165, 1.54) is 0 Å². The van der Waals surface area contributed by atoms with Crippen molar-refractivity contribution in [3.05, 3.63) is 50.4 Å². The highest BCUT2D eigenvalue weighted by molar-refractivity contribution is 9.10. The van der Waals surface area contributed by atoms with E-state index in [0.717, 1.165) is 15.7 Å². The van der Waals surface area contributed by atoms with Gasteiger partial charge in [0.15, 0.2) is 0 Å². The predicted octanol–water partition coefficient (Wildman–Crippen LogP) is 5.39. The van der Waals surface area contributed by atoms with Gasteiger partial charge < -0.3 is 14.8 Å². The maximum atomic E-state index is 6.09. The van der Waals surface area contributed by atoms with Crippen LogP contribution in [-0.2, 0) is 6.54 Å². The van der Waals surface area contributed by atoms with Crippen LogP contribution in [-0.4, -0.2) is 14.2 Å². The van der Waals surface area contributed by atoms with Gasteiger partial charge in [0.2, 0.25) is 0 Å². The van der Waals surface area contributed by atoms with Crippen molar-refractivity contribution in [3.8, 4) is 11.5 Å². The van der Waals surface area contributed by atoms with E-state index in [0.29, 0.717) is 28.1 Å². The number of hydrogen-bond acceptors (Lipinski definition) is 3. The number of anilines is 1. The molecule has 0 bridgehead atoms. The zero-order valence-corrected chi connectivity index (χ0v) is 14.6. The quantitative estimate of drug-likeness (QED) is 0.742. The lowest BCUT2D eigenvalue weighted by molar-refractivity contribution is 0.404. The number of nitrogens with one attached hydrogen (secondary N) is 1. The second-order valence-corrected chi connectivity index (χ2v) is 5.97. The van der Waals surface area contributed by atoms with Crippen molar-refractivity contribution < 1.29 is 9.47 Å². The van der Waals surface area contributed by atoms with Crippen molar-refractivity contribution in [2.75, 3.05) is 19.5 Å². The summed E-state index contributed by atoms with van der Waals surface area (Å²) in [6.07, 6.45) is 0. The third-order valence-corrected chi connectivity index (χ3v) is 4.26. The largest absolute Gasteiger partial charge is 0.495 e. The Kier molecular flexibility index (Phi) is 5.62. The topological polar surface area (TPSA) is 30.5 Å². The molecule has 6 heteroatoms. The van der Waals surface area contributed by atoms with Crippen LogP contribution in [0, 0.1) is 0 Å². The lowest BCUT2D eigenvalue weighted by atomic mass is 10.2. The highest BCUT2D eigenvalue weighted by atomic mass is 79.9. The number of methoxy groups -OCH3 is 2.